The molecule has 162 valence electrons. The molecule has 0 amide bonds. The molecule has 1 aliphatic heterocycles. The van der Waals surface area contributed by atoms with E-state index in [2.05, 4.69) is 49.8 Å². The van der Waals surface area contributed by atoms with E-state index in [4.69, 9.17) is 4.74 Å². The van der Waals surface area contributed by atoms with Gasteiger partial charge in [-0.05, 0) is 36.2 Å². The molecule has 2 aromatic rings. The second kappa shape index (κ2) is 14.0. The van der Waals surface area contributed by atoms with Gasteiger partial charge in [-0.15, -0.1) is 0 Å². The fourth-order valence-electron chi connectivity index (χ4n) is 3.41. The first-order valence-corrected chi connectivity index (χ1v) is 11.1. The molecule has 0 bridgehead atoms. The van der Waals surface area contributed by atoms with Crippen molar-refractivity contribution in [2.45, 2.75) is 32.5 Å². The standard InChI is InChI=1S/C24H35N5O/c1-2-12-28-24(5-1)20-27-19-22-6-8-23(9-7-22)21-29-15-13-25-10-3-17-30-18-4-11-26-14-16-29/h1-2,5-10,12,26-27H,3-4,11,13-21H2. The van der Waals surface area contributed by atoms with Gasteiger partial charge in [-0.3, -0.25) is 14.9 Å². The van der Waals surface area contributed by atoms with Crippen LogP contribution in [0.2, 0.25) is 0 Å². The Balaban J connectivity index is 1.45. The van der Waals surface area contributed by atoms with Crippen molar-refractivity contribution in [3.63, 3.8) is 0 Å². The SMILES string of the molecule is C1=NCCN(Cc2ccc(CNCc3ccccn3)cc2)CCNCCCOCC1. The summed E-state index contributed by atoms with van der Waals surface area (Å²) in [7, 11) is 0. The molecule has 6 heteroatoms. The van der Waals surface area contributed by atoms with E-state index in [-0.39, 0.29) is 0 Å². The average Bonchev–Trinajstić information content (AvgIpc) is 2.78. The van der Waals surface area contributed by atoms with E-state index < -0.39 is 0 Å². The zero-order valence-electron chi connectivity index (χ0n) is 17.9. The molecular weight excluding hydrogens is 374 g/mol. The molecule has 1 aliphatic rings. The lowest BCUT2D eigenvalue weighted by atomic mass is 10.1. The fourth-order valence-corrected chi connectivity index (χ4v) is 3.41. The summed E-state index contributed by atoms with van der Waals surface area (Å²) in [5.41, 5.74) is 3.71. The van der Waals surface area contributed by atoms with E-state index in [9.17, 15) is 0 Å². The average molecular weight is 410 g/mol. The van der Waals surface area contributed by atoms with E-state index in [1.165, 1.54) is 11.1 Å². The summed E-state index contributed by atoms with van der Waals surface area (Å²) in [6.07, 6.45) is 5.81. The molecule has 0 radical (unpaired) electrons. The number of nitrogens with one attached hydrogen (secondary N) is 2. The van der Waals surface area contributed by atoms with Crippen LogP contribution in [0.25, 0.3) is 0 Å². The number of ether oxygens (including phenoxy) is 1. The molecule has 1 aromatic heterocycles. The van der Waals surface area contributed by atoms with E-state index >= 15 is 0 Å². The van der Waals surface area contributed by atoms with Crippen LogP contribution in [0, 0.1) is 0 Å². The third-order valence-electron chi connectivity index (χ3n) is 5.10. The molecule has 2 heterocycles. The zero-order chi connectivity index (χ0) is 20.7. The van der Waals surface area contributed by atoms with Gasteiger partial charge in [-0.25, -0.2) is 0 Å². The van der Waals surface area contributed by atoms with Gasteiger partial charge in [0.25, 0.3) is 0 Å². The molecule has 0 aliphatic carbocycles. The summed E-state index contributed by atoms with van der Waals surface area (Å²) in [5.74, 6) is 0. The lowest BCUT2D eigenvalue weighted by Crippen LogP contribution is -2.34. The number of hydrogen-bond acceptors (Lipinski definition) is 6. The zero-order valence-corrected chi connectivity index (χ0v) is 17.9. The number of hydrogen-bond donors (Lipinski definition) is 2. The Labute approximate surface area is 180 Å². The lowest BCUT2D eigenvalue weighted by Gasteiger charge is -2.22. The molecular formula is C24H35N5O. The molecule has 0 fully saturated rings. The predicted octanol–water partition coefficient (Wildman–Crippen LogP) is 2.64. The summed E-state index contributed by atoms with van der Waals surface area (Å²) in [4.78, 5) is 11.4. The minimum absolute atomic E-state index is 0.774. The van der Waals surface area contributed by atoms with E-state index in [1.54, 1.807) is 0 Å². The number of aliphatic imine (C=N–C) groups is 1. The van der Waals surface area contributed by atoms with Crippen LogP contribution in [0.15, 0.2) is 53.7 Å². The van der Waals surface area contributed by atoms with Gasteiger partial charge in [-0.2, -0.15) is 0 Å². The van der Waals surface area contributed by atoms with Crippen LogP contribution in [0.4, 0.5) is 0 Å². The highest BCUT2D eigenvalue weighted by Crippen LogP contribution is 2.08. The molecule has 0 unspecified atom stereocenters. The molecule has 1 aromatic carbocycles. The quantitative estimate of drug-likeness (QED) is 0.768. The fraction of sp³-hybridized carbons (Fsp3) is 0.500. The van der Waals surface area contributed by atoms with Gasteiger partial charge >= 0.3 is 0 Å². The van der Waals surface area contributed by atoms with Crippen LogP contribution in [0.3, 0.4) is 0 Å². The van der Waals surface area contributed by atoms with Crippen LogP contribution in [0.1, 0.15) is 29.7 Å². The second-order valence-electron chi connectivity index (χ2n) is 7.61. The van der Waals surface area contributed by atoms with Crippen molar-refractivity contribution < 1.29 is 4.74 Å². The highest BCUT2D eigenvalue weighted by atomic mass is 16.5. The third kappa shape index (κ3) is 9.13. The second-order valence-corrected chi connectivity index (χ2v) is 7.61. The van der Waals surface area contributed by atoms with Crippen LogP contribution in [0.5, 0.6) is 0 Å². The first kappa shape index (κ1) is 22.6. The highest BCUT2D eigenvalue weighted by molar-refractivity contribution is 5.57. The van der Waals surface area contributed by atoms with Crippen molar-refractivity contribution >= 4 is 6.21 Å². The summed E-state index contributed by atoms with van der Waals surface area (Å²) < 4.78 is 5.59. The Morgan fingerprint density at radius 2 is 1.87 bits per heavy atom. The number of aromatic nitrogens is 1. The lowest BCUT2D eigenvalue weighted by molar-refractivity contribution is 0.138. The Bertz CT molecular complexity index is 720. The smallest absolute Gasteiger partial charge is 0.0541 e. The van der Waals surface area contributed by atoms with Crippen LogP contribution < -0.4 is 10.6 Å². The Morgan fingerprint density at radius 1 is 0.967 bits per heavy atom. The van der Waals surface area contributed by atoms with Crippen LogP contribution in [-0.4, -0.2) is 62.0 Å². The van der Waals surface area contributed by atoms with Crippen LogP contribution in [-0.2, 0) is 24.4 Å². The Kier molecular flexibility index (Phi) is 10.5. The van der Waals surface area contributed by atoms with Crippen molar-refractivity contribution in [2.75, 3.05) is 45.9 Å². The van der Waals surface area contributed by atoms with E-state index in [0.29, 0.717) is 0 Å². The number of rotatable bonds is 6. The minimum atomic E-state index is 0.774. The van der Waals surface area contributed by atoms with E-state index in [1.807, 2.05) is 30.6 Å². The third-order valence-corrected chi connectivity index (χ3v) is 5.10. The van der Waals surface area contributed by atoms with Gasteiger partial charge in [0.15, 0.2) is 0 Å². The molecule has 0 spiro atoms. The topological polar surface area (TPSA) is 61.8 Å². The summed E-state index contributed by atoms with van der Waals surface area (Å²) in [5, 5.41) is 6.99. The molecule has 0 atom stereocenters. The largest absolute Gasteiger partial charge is 0.381 e. The van der Waals surface area contributed by atoms with Crippen molar-refractivity contribution in [1.29, 1.82) is 0 Å². The summed E-state index contributed by atoms with van der Waals surface area (Å²) >= 11 is 0. The molecule has 0 saturated carbocycles. The molecule has 2 N–H and O–H groups in total. The van der Waals surface area contributed by atoms with Crippen molar-refractivity contribution in [3.8, 4) is 0 Å². The first-order chi connectivity index (χ1) is 14.9. The van der Waals surface area contributed by atoms with Gasteiger partial charge in [0.1, 0.15) is 0 Å². The number of benzene rings is 1. The highest BCUT2D eigenvalue weighted by Gasteiger charge is 2.06. The maximum absolute atomic E-state index is 5.59. The molecule has 6 nitrogen and oxygen atoms in total. The maximum Gasteiger partial charge on any atom is 0.0541 e. The predicted molar refractivity (Wildman–Crippen MR) is 123 cm³/mol. The minimum Gasteiger partial charge on any atom is -0.381 e. The van der Waals surface area contributed by atoms with Gasteiger partial charge in [0.2, 0.25) is 0 Å². The monoisotopic (exact) mass is 409 g/mol. The van der Waals surface area contributed by atoms with Crippen molar-refractivity contribution in [3.05, 3.63) is 65.5 Å². The van der Waals surface area contributed by atoms with Gasteiger partial charge in [0, 0.05) is 64.7 Å². The molecule has 0 saturated heterocycles. The van der Waals surface area contributed by atoms with Gasteiger partial charge in [-0.1, -0.05) is 30.3 Å². The van der Waals surface area contributed by atoms with Crippen LogP contribution >= 0.6 is 0 Å². The Morgan fingerprint density at radius 3 is 2.73 bits per heavy atom. The Hall–Kier alpha value is -2.12. The van der Waals surface area contributed by atoms with Gasteiger partial charge < -0.3 is 15.4 Å². The number of pyridine rings is 1. The normalized spacial score (nSPS) is 17.5. The summed E-state index contributed by atoms with van der Waals surface area (Å²) in [6, 6.07) is 15.0. The first-order valence-electron chi connectivity index (χ1n) is 11.1. The number of nitrogens with zero attached hydrogens (tertiary/aromatic N) is 3. The van der Waals surface area contributed by atoms with Crippen molar-refractivity contribution in [1.82, 2.24) is 20.5 Å². The summed E-state index contributed by atoms with van der Waals surface area (Å²) in [6.45, 7) is 9.07. The maximum atomic E-state index is 5.59. The van der Waals surface area contributed by atoms with E-state index in [0.717, 1.165) is 84.1 Å². The van der Waals surface area contributed by atoms with Crippen molar-refractivity contribution in [2.24, 2.45) is 4.99 Å². The van der Waals surface area contributed by atoms with Gasteiger partial charge in [0.05, 0.1) is 18.8 Å². The molecule has 3 rings (SSSR count). The molecule has 30 heavy (non-hydrogen) atoms.